The number of piperidine rings is 1. The van der Waals surface area contributed by atoms with Crippen molar-refractivity contribution in [2.24, 2.45) is 5.92 Å². The van der Waals surface area contributed by atoms with Gasteiger partial charge in [0.05, 0.1) is 31.5 Å². The summed E-state index contributed by atoms with van der Waals surface area (Å²) in [5.41, 5.74) is -0.273. The van der Waals surface area contributed by atoms with Gasteiger partial charge in [-0.15, -0.1) is 0 Å². The molecule has 5 aromatic rings. The Morgan fingerprint density at radius 3 is 2.50 bits per heavy atom. The first-order valence-electron chi connectivity index (χ1n) is 15.9. The number of ether oxygens (including phenoxy) is 3. The summed E-state index contributed by atoms with van der Waals surface area (Å²) in [6, 6.07) is 15.4. The number of anilines is 1. The number of nitrogens with one attached hydrogen (secondary N) is 2. The van der Waals surface area contributed by atoms with Crippen LogP contribution in [0.5, 0.6) is 23.0 Å². The van der Waals surface area contributed by atoms with Crippen molar-refractivity contribution in [1.82, 2.24) is 25.0 Å². The largest absolute Gasteiger partial charge is 0.493 e. The lowest BCUT2D eigenvalue weighted by molar-refractivity contribution is -0.122. The average molecular weight is 685 g/mol. The summed E-state index contributed by atoms with van der Waals surface area (Å²) in [5, 5.41) is 9.66. The Balaban J connectivity index is 1.13. The number of likely N-dealkylation sites (N-methyl/N-ethyl adjacent to an activating group) is 1. The van der Waals surface area contributed by atoms with E-state index >= 15 is 4.39 Å². The summed E-state index contributed by atoms with van der Waals surface area (Å²) in [6.07, 6.45) is 4.58. The first kappa shape index (κ1) is 34.0. The van der Waals surface area contributed by atoms with Crippen LogP contribution in [0.1, 0.15) is 23.2 Å². The summed E-state index contributed by atoms with van der Waals surface area (Å²) in [4.78, 5) is 44.2. The van der Waals surface area contributed by atoms with E-state index in [1.807, 2.05) is 0 Å². The van der Waals surface area contributed by atoms with Crippen LogP contribution in [-0.4, -0.2) is 71.9 Å². The van der Waals surface area contributed by atoms with Crippen molar-refractivity contribution in [2.75, 3.05) is 45.7 Å². The summed E-state index contributed by atoms with van der Waals surface area (Å²) in [5.74, 6) is -0.650. The van der Waals surface area contributed by atoms with Gasteiger partial charge in [0.2, 0.25) is 5.91 Å². The molecule has 258 valence electrons. The van der Waals surface area contributed by atoms with Crippen molar-refractivity contribution >= 4 is 28.4 Å². The fraction of sp³-hybridized carbons (Fsp3) is 0.250. The fourth-order valence-corrected chi connectivity index (χ4v) is 5.65. The second-order valence-electron chi connectivity index (χ2n) is 11.7. The van der Waals surface area contributed by atoms with Gasteiger partial charge in [-0.05, 0) is 80.4 Å². The molecule has 6 rings (SSSR count). The number of hydrogen-bond acceptors (Lipinski definition) is 9. The number of methoxy groups -OCH3 is 1. The van der Waals surface area contributed by atoms with Crippen molar-refractivity contribution in [3.8, 4) is 28.7 Å². The van der Waals surface area contributed by atoms with Crippen LogP contribution in [0.2, 0.25) is 0 Å². The van der Waals surface area contributed by atoms with Crippen LogP contribution < -0.4 is 30.4 Å². The van der Waals surface area contributed by atoms with Crippen LogP contribution in [0, 0.1) is 17.6 Å². The number of rotatable bonds is 11. The first-order chi connectivity index (χ1) is 24.2. The molecule has 1 aliphatic rings. The van der Waals surface area contributed by atoms with Crippen molar-refractivity contribution < 1.29 is 32.6 Å². The molecule has 0 unspecified atom stereocenters. The SMILES string of the molecule is CNC(=O)CN1CCC(COc2cc3nccc(Oc4ccc(NC(=O)c5ccnn(-c6cccc(F)c6)c5=O)cc4F)c3cc2OC)CC1. The van der Waals surface area contributed by atoms with Gasteiger partial charge in [-0.2, -0.15) is 9.78 Å². The lowest BCUT2D eigenvalue weighted by Gasteiger charge is -2.31. The maximum absolute atomic E-state index is 15.3. The van der Waals surface area contributed by atoms with Crippen LogP contribution in [0.3, 0.4) is 0 Å². The van der Waals surface area contributed by atoms with E-state index in [2.05, 4.69) is 25.6 Å². The Labute approximate surface area is 285 Å². The van der Waals surface area contributed by atoms with Gasteiger partial charge in [0, 0.05) is 42.6 Å². The van der Waals surface area contributed by atoms with E-state index in [1.54, 1.807) is 25.2 Å². The molecule has 2 amide bonds. The van der Waals surface area contributed by atoms with Gasteiger partial charge < -0.3 is 24.8 Å². The van der Waals surface area contributed by atoms with Crippen LogP contribution in [0.15, 0.2) is 83.9 Å². The summed E-state index contributed by atoms with van der Waals surface area (Å²) < 4.78 is 47.7. The van der Waals surface area contributed by atoms with Crippen LogP contribution in [0.4, 0.5) is 14.5 Å². The fourth-order valence-electron chi connectivity index (χ4n) is 5.65. The lowest BCUT2D eigenvalue weighted by atomic mass is 9.98. The van der Waals surface area contributed by atoms with E-state index in [1.165, 1.54) is 55.9 Å². The Bertz CT molecular complexity index is 2100. The highest BCUT2D eigenvalue weighted by Gasteiger charge is 2.22. The highest BCUT2D eigenvalue weighted by atomic mass is 19.1. The zero-order valence-electron chi connectivity index (χ0n) is 27.3. The standard InChI is InChI=1S/C36H34F2N6O6/c1-39-34(45)20-43-14-10-22(11-15-43)21-49-33-19-29-27(18-32(33)48-2)30(9-12-40-29)50-31-7-6-24(17-28(31)38)42-35(46)26-8-13-41-44(36(26)47)25-5-3-4-23(37)16-25/h3-9,12-13,16-19,22H,10-11,14-15,20-21H2,1-2H3,(H,39,45)(H,42,46). The topological polar surface area (TPSA) is 137 Å². The van der Waals surface area contributed by atoms with Gasteiger partial charge in [-0.1, -0.05) is 6.07 Å². The molecule has 0 spiro atoms. The molecule has 1 aliphatic heterocycles. The maximum Gasteiger partial charge on any atom is 0.284 e. The number of hydrogen-bond donors (Lipinski definition) is 2. The van der Waals surface area contributed by atoms with Crippen molar-refractivity contribution in [2.45, 2.75) is 12.8 Å². The van der Waals surface area contributed by atoms with E-state index in [4.69, 9.17) is 14.2 Å². The highest BCUT2D eigenvalue weighted by Crippen LogP contribution is 2.38. The normalized spacial score (nSPS) is 13.5. The van der Waals surface area contributed by atoms with Crippen LogP contribution in [-0.2, 0) is 4.79 Å². The molecule has 12 nitrogen and oxygen atoms in total. The predicted molar refractivity (Wildman–Crippen MR) is 181 cm³/mol. The number of nitrogens with zero attached hydrogens (tertiary/aromatic N) is 4. The van der Waals surface area contributed by atoms with Crippen molar-refractivity contribution in [3.05, 3.63) is 107 Å². The van der Waals surface area contributed by atoms with Gasteiger partial charge in [0.15, 0.2) is 23.1 Å². The molecule has 50 heavy (non-hydrogen) atoms. The Morgan fingerprint density at radius 1 is 0.940 bits per heavy atom. The van der Waals surface area contributed by atoms with Crippen molar-refractivity contribution in [3.63, 3.8) is 0 Å². The molecule has 2 N–H and O–H groups in total. The molecule has 0 bridgehead atoms. The van der Waals surface area contributed by atoms with Gasteiger partial charge >= 0.3 is 0 Å². The molecule has 2 aromatic heterocycles. The number of benzene rings is 3. The summed E-state index contributed by atoms with van der Waals surface area (Å²) in [6.45, 7) is 2.49. The lowest BCUT2D eigenvalue weighted by Crippen LogP contribution is -2.41. The Kier molecular flexibility index (Phi) is 10.3. The van der Waals surface area contributed by atoms with Gasteiger partial charge in [-0.3, -0.25) is 24.3 Å². The third kappa shape index (κ3) is 7.70. The number of carbonyl (C=O) groups is 2. The smallest absolute Gasteiger partial charge is 0.284 e. The first-order valence-corrected chi connectivity index (χ1v) is 15.9. The third-order valence-electron chi connectivity index (χ3n) is 8.37. The van der Waals surface area contributed by atoms with E-state index in [-0.39, 0.29) is 28.6 Å². The molecule has 0 radical (unpaired) electrons. The van der Waals surface area contributed by atoms with Crippen LogP contribution in [0.25, 0.3) is 16.6 Å². The molecule has 3 heterocycles. The maximum atomic E-state index is 15.3. The summed E-state index contributed by atoms with van der Waals surface area (Å²) >= 11 is 0. The molecule has 0 atom stereocenters. The van der Waals surface area contributed by atoms with E-state index < -0.39 is 23.1 Å². The third-order valence-corrected chi connectivity index (χ3v) is 8.37. The molecule has 1 fully saturated rings. The van der Waals surface area contributed by atoms with Gasteiger partial charge in [0.1, 0.15) is 17.1 Å². The minimum Gasteiger partial charge on any atom is -0.493 e. The molecule has 14 heteroatoms. The Hall–Kier alpha value is -5.89. The second kappa shape index (κ2) is 15.1. The number of halogens is 2. The number of likely N-dealkylation sites (tertiary alicyclic amines) is 1. The summed E-state index contributed by atoms with van der Waals surface area (Å²) in [7, 11) is 3.16. The van der Waals surface area contributed by atoms with Gasteiger partial charge in [-0.25, -0.2) is 8.78 Å². The average Bonchev–Trinajstić information content (AvgIpc) is 3.12. The highest BCUT2D eigenvalue weighted by molar-refractivity contribution is 6.04. The van der Waals surface area contributed by atoms with E-state index in [9.17, 15) is 18.8 Å². The molecule has 1 saturated heterocycles. The number of carbonyl (C=O) groups excluding carboxylic acids is 2. The van der Waals surface area contributed by atoms with Gasteiger partial charge in [0.25, 0.3) is 11.5 Å². The molecular formula is C36H34F2N6O6. The zero-order chi connectivity index (χ0) is 35.2. The zero-order valence-corrected chi connectivity index (χ0v) is 27.3. The van der Waals surface area contributed by atoms with E-state index in [0.29, 0.717) is 47.2 Å². The van der Waals surface area contributed by atoms with Crippen LogP contribution >= 0.6 is 0 Å². The number of fused-ring (bicyclic) bond motifs is 1. The number of pyridine rings is 1. The molecule has 3 aromatic carbocycles. The van der Waals surface area contributed by atoms with Crippen molar-refractivity contribution in [1.29, 1.82) is 0 Å². The monoisotopic (exact) mass is 684 g/mol. The quantitative estimate of drug-likeness (QED) is 0.198. The number of aromatic nitrogens is 3. The molecular weight excluding hydrogens is 650 g/mol. The minimum atomic E-state index is -0.799. The molecule has 0 saturated carbocycles. The predicted octanol–water partition coefficient (Wildman–Crippen LogP) is 4.95. The second-order valence-corrected chi connectivity index (χ2v) is 11.7. The Morgan fingerprint density at radius 2 is 1.76 bits per heavy atom. The molecule has 0 aliphatic carbocycles. The minimum absolute atomic E-state index is 0.0000426. The van der Waals surface area contributed by atoms with E-state index in [0.717, 1.165) is 42.7 Å². The number of amides is 2.